The standard InChI is InChI=1S/C20H18N2O5/c1-12(22-19(24)14-6-2-3-7-15(14)20(22)25)18(23)21-10-13-11-26-16-8-4-5-9-17(16)27-13/h2-9,12-13H,10-11H2,1H3,(H,21,23)/t12-,13+/m0/s1. The molecule has 138 valence electrons. The Morgan fingerprint density at radius 2 is 1.67 bits per heavy atom. The fourth-order valence-corrected chi connectivity index (χ4v) is 3.20. The average molecular weight is 366 g/mol. The Hall–Kier alpha value is -3.35. The Balaban J connectivity index is 1.38. The highest BCUT2D eigenvalue weighted by Gasteiger charge is 2.40. The lowest BCUT2D eigenvalue weighted by Gasteiger charge is -2.27. The number of nitrogens with one attached hydrogen (secondary N) is 1. The summed E-state index contributed by atoms with van der Waals surface area (Å²) in [6.07, 6.45) is -0.349. The predicted octanol–water partition coefficient (Wildman–Crippen LogP) is 1.63. The van der Waals surface area contributed by atoms with Crippen molar-refractivity contribution in [1.82, 2.24) is 10.2 Å². The molecule has 2 atom stereocenters. The SMILES string of the molecule is C[C@@H](C(=O)NC[C@@H]1COc2ccccc2O1)N1C(=O)c2ccccc2C1=O. The molecule has 0 aromatic heterocycles. The van der Waals surface area contributed by atoms with E-state index in [0.717, 1.165) is 4.90 Å². The van der Waals surface area contributed by atoms with Gasteiger partial charge in [-0.25, -0.2) is 0 Å². The number of hydrogen-bond donors (Lipinski definition) is 1. The minimum atomic E-state index is -0.922. The molecule has 0 saturated carbocycles. The van der Waals surface area contributed by atoms with Gasteiger partial charge in [0.1, 0.15) is 18.8 Å². The summed E-state index contributed by atoms with van der Waals surface area (Å²) < 4.78 is 11.4. The first kappa shape index (κ1) is 17.1. The first-order valence-corrected chi connectivity index (χ1v) is 8.69. The van der Waals surface area contributed by atoms with E-state index in [9.17, 15) is 14.4 Å². The van der Waals surface area contributed by atoms with Crippen LogP contribution in [-0.2, 0) is 4.79 Å². The first-order valence-electron chi connectivity index (χ1n) is 8.69. The zero-order chi connectivity index (χ0) is 19.0. The fourth-order valence-electron chi connectivity index (χ4n) is 3.20. The summed E-state index contributed by atoms with van der Waals surface area (Å²) in [5.74, 6) is -0.0447. The summed E-state index contributed by atoms with van der Waals surface area (Å²) in [6, 6.07) is 12.9. The minimum Gasteiger partial charge on any atom is -0.486 e. The highest BCUT2D eigenvalue weighted by Crippen LogP contribution is 2.30. The van der Waals surface area contributed by atoms with Crippen molar-refractivity contribution in [2.75, 3.05) is 13.2 Å². The number of benzene rings is 2. The second-order valence-electron chi connectivity index (χ2n) is 6.44. The highest BCUT2D eigenvalue weighted by molar-refractivity contribution is 6.22. The quantitative estimate of drug-likeness (QED) is 0.832. The average Bonchev–Trinajstić information content (AvgIpc) is 2.96. The molecule has 0 fully saturated rings. The molecular weight excluding hydrogens is 348 g/mol. The molecule has 0 bridgehead atoms. The number of hydrogen-bond acceptors (Lipinski definition) is 5. The second-order valence-corrected chi connectivity index (χ2v) is 6.44. The Bertz CT molecular complexity index is 891. The summed E-state index contributed by atoms with van der Waals surface area (Å²) in [7, 11) is 0. The molecule has 1 N–H and O–H groups in total. The number of para-hydroxylation sites is 2. The maximum absolute atomic E-state index is 12.5. The van der Waals surface area contributed by atoms with Crippen LogP contribution in [0.3, 0.4) is 0 Å². The van der Waals surface area contributed by atoms with Crippen molar-refractivity contribution in [3.05, 3.63) is 59.7 Å². The van der Waals surface area contributed by atoms with Crippen LogP contribution in [0.2, 0.25) is 0 Å². The fraction of sp³-hybridized carbons (Fsp3) is 0.250. The van der Waals surface area contributed by atoms with Crippen LogP contribution in [0.1, 0.15) is 27.6 Å². The molecule has 0 spiro atoms. The molecule has 2 aromatic rings. The van der Waals surface area contributed by atoms with Gasteiger partial charge in [-0.2, -0.15) is 0 Å². The van der Waals surface area contributed by atoms with E-state index in [2.05, 4.69) is 5.32 Å². The molecule has 2 aromatic carbocycles. The normalized spacial score (nSPS) is 18.9. The topological polar surface area (TPSA) is 84.9 Å². The number of ether oxygens (including phenoxy) is 2. The van der Waals surface area contributed by atoms with Crippen LogP contribution in [-0.4, -0.2) is 47.9 Å². The predicted molar refractivity (Wildman–Crippen MR) is 95.8 cm³/mol. The zero-order valence-electron chi connectivity index (χ0n) is 14.7. The first-order chi connectivity index (χ1) is 13.1. The number of fused-ring (bicyclic) bond motifs is 2. The van der Waals surface area contributed by atoms with Crippen LogP contribution in [0.4, 0.5) is 0 Å². The summed E-state index contributed by atoms with van der Waals surface area (Å²) in [5.41, 5.74) is 0.644. The molecule has 7 nitrogen and oxygen atoms in total. The summed E-state index contributed by atoms with van der Waals surface area (Å²) >= 11 is 0. The van der Waals surface area contributed by atoms with Crippen LogP contribution in [0, 0.1) is 0 Å². The lowest BCUT2D eigenvalue weighted by molar-refractivity contribution is -0.125. The molecule has 0 unspecified atom stereocenters. The van der Waals surface area contributed by atoms with Crippen molar-refractivity contribution in [3.8, 4) is 11.5 Å². The van der Waals surface area contributed by atoms with Crippen molar-refractivity contribution in [2.45, 2.75) is 19.1 Å². The van der Waals surface area contributed by atoms with E-state index in [-0.39, 0.29) is 12.6 Å². The maximum atomic E-state index is 12.5. The van der Waals surface area contributed by atoms with Crippen molar-refractivity contribution in [2.24, 2.45) is 0 Å². The van der Waals surface area contributed by atoms with Crippen molar-refractivity contribution < 1.29 is 23.9 Å². The lowest BCUT2D eigenvalue weighted by Crippen LogP contribution is -2.50. The lowest BCUT2D eigenvalue weighted by atomic mass is 10.1. The highest BCUT2D eigenvalue weighted by atomic mass is 16.6. The molecule has 2 heterocycles. The molecule has 0 radical (unpaired) electrons. The van der Waals surface area contributed by atoms with E-state index in [1.165, 1.54) is 6.92 Å². The zero-order valence-corrected chi connectivity index (χ0v) is 14.7. The van der Waals surface area contributed by atoms with E-state index < -0.39 is 23.8 Å². The van der Waals surface area contributed by atoms with Gasteiger partial charge in [-0.3, -0.25) is 19.3 Å². The molecule has 3 amide bonds. The van der Waals surface area contributed by atoms with Crippen LogP contribution >= 0.6 is 0 Å². The molecular formula is C20H18N2O5. The number of amides is 3. The van der Waals surface area contributed by atoms with Crippen LogP contribution in [0.5, 0.6) is 11.5 Å². The van der Waals surface area contributed by atoms with Crippen molar-refractivity contribution in [1.29, 1.82) is 0 Å². The van der Waals surface area contributed by atoms with Gasteiger partial charge in [0, 0.05) is 0 Å². The molecule has 0 aliphatic carbocycles. The number of carbonyl (C=O) groups is 3. The molecule has 7 heteroatoms. The second kappa shape index (κ2) is 6.75. The third-order valence-corrected chi connectivity index (χ3v) is 4.66. The minimum absolute atomic E-state index is 0.209. The van der Waals surface area contributed by atoms with E-state index in [1.54, 1.807) is 30.3 Å². The van der Waals surface area contributed by atoms with Gasteiger partial charge in [0.2, 0.25) is 5.91 Å². The Morgan fingerprint density at radius 3 is 2.33 bits per heavy atom. The third-order valence-electron chi connectivity index (χ3n) is 4.66. The molecule has 4 rings (SSSR count). The van der Waals surface area contributed by atoms with Crippen molar-refractivity contribution >= 4 is 17.7 Å². The van der Waals surface area contributed by atoms with Gasteiger partial charge in [0.15, 0.2) is 11.5 Å². The van der Waals surface area contributed by atoms with Gasteiger partial charge < -0.3 is 14.8 Å². The van der Waals surface area contributed by atoms with Crippen LogP contribution in [0.15, 0.2) is 48.5 Å². The smallest absolute Gasteiger partial charge is 0.262 e. The number of nitrogens with zero attached hydrogens (tertiary/aromatic N) is 1. The molecule has 0 saturated heterocycles. The largest absolute Gasteiger partial charge is 0.486 e. The molecule has 27 heavy (non-hydrogen) atoms. The molecule has 2 aliphatic rings. The maximum Gasteiger partial charge on any atom is 0.262 e. The number of rotatable bonds is 4. The summed E-state index contributed by atoms with van der Waals surface area (Å²) in [4.78, 5) is 38.5. The number of imide groups is 1. The molecule has 2 aliphatic heterocycles. The van der Waals surface area contributed by atoms with E-state index >= 15 is 0 Å². The van der Waals surface area contributed by atoms with Gasteiger partial charge in [0.05, 0.1) is 17.7 Å². The van der Waals surface area contributed by atoms with Gasteiger partial charge in [-0.15, -0.1) is 0 Å². The Morgan fingerprint density at radius 1 is 1.07 bits per heavy atom. The van der Waals surface area contributed by atoms with Crippen LogP contribution < -0.4 is 14.8 Å². The van der Waals surface area contributed by atoms with Gasteiger partial charge in [-0.1, -0.05) is 24.3 Å². The summed E-state index contributed by atoms with van der Waals surface area (Å²) in [5, 5.41) is 2.74. The van der Waals surface area contributed by atoms with E-state index in [4.69, 9.17) is 9.47 Å². The monoisotopic (exact) mass is 366 g/mol. The van der Waals surface area contributed by atoms with Gasteiger partial charge in [0.25, 0.3) is 11.8 Å². The van der Waals surface area contributed by atoms with Crippen LogP contribution in [0.25, 0.3) is 0 Å². The van der Waals surface area contributed by atoms with Gasteiger partial charge in [-0.05, 0) is 31.2 Å². The van der Waals surface area contributed by atoms with E-state index in [0.29, 0.717) is 29.2 Å². The van der Waals surface area contributed by atoms with Crippen molar-refractivity contribution in [3.63, 3.8) is 0 Å². The third kappa shape index (κ3) is 3.01. The Kier molecular flexibility index (Phi) is 4.27. The number of carbonyl (C=O) groups excluding carboxylic acids is 3. The van der Waals surface area contributed by atoms with Gasteiger partial charge >= 0.3 is 0 Å². The Labute approximate surface area is 155 Å². The van der Waals surface area contributed by atoms with E-state index in [1.807, 2.05) is 18.2 Å². The summed E-state index contributed by atoms with van der Waals surface area (Å²) in [6.45, 7) is 2.05.